The summed E-state index contributed by atoms with van der Waals surface area (Å²) < 4.78 is 164. The first-order valence-electron chi connectivity index (χ1n) is 41.2. The Hall–Kier alpha value is -13.3. The van der Waals surface area contributed by atoms with E-state index in [9.17, 15) is 0 Å². The first kappa shape index (κ1) is 80.1. The highest BCUT2D eigenvalue weighted by Gasteiger charge is 2.52. The van der Waals surface area contributed by atoms with Gasteiger partial charge < -0.3 is 9.80 Å². The van der Waals surface area contributed by atoms with E-state index in [4.69, 9.17) is 0 Å². The standard InChI is InChI=1S/C109H84F10N2/c1-5-9-11-15-29-79-63-90(76-46-54-82(55-47-76)120(80-50-42-74(43-51-80)72-24-16-12-17-25-72)84-58-60-88-86-30-20-22-32-92(86)108(94(88)64-84,66-70-38-34-68(7-3)35-39-70)96-98(110)102(114)106(118)103(115)99(96)111)78(28-14-10-6-2)62-91(79)77-48-56-83(57-49-77)121(81-52-44-75(45-53-81)73-26-18-13-19-27-73)85-59-61-89-87-31-21-23-33-93(87)109(95(89)65-85,67-71-40-36-69(8-4)37-41-71)97-100(112)104(116)107(119)105(117)101(97)113/h7-8,12-13,16-27,30-65H,3-6,9-11,14-15,28-29,66-67H2,1-2H3. The van der Waals surface area contributed by atoms with Crippen LogP contribution in [0.2, 0.25) is 0 Å². The molecule has 0 radical (unpaired) electrons. The molecule has 0 spiro atoms. The van der Waals surface area contributed by atoms with Gasteiger partial charge in [-0.15, -0.1) is 0 Å². The molecule has 15 aromatic carbocycles. The van der Waals surface area contributed by atoms with Crippen molar-refractivity contribution in [3.8, 4) is 66.8 Å². The van der Waals surface area contributed by atoms with E-state index in [1.165, 1.54) is 0 Å². The maximum Gasteiger partial charge on any atom is 0.200 e. The molecular formula is C109H84F10N2. The lowest BCUT2D eigenvalue weighted by Gasteiger charge is -2.35. The predicted molar refractivity (Wildman–Crippen MR) is 472 cm³/mol. The fourth-order valence-electron chi connectivity index (χ4n) is 18.5. The zero-order chi connectivity index (χ0) is 83.8. The van der Waals surface area contributed by atoms with Gasteiger partial charge in [-0.2, -0.15) is 0 Å². The van der Waals surface area contributed by atoms with Crippen molar-refractivity contribution < 1.29 is 43.9 Å². The predicted octanol–water partition coefficient (Wildman–Crippen LogP) is 30.9. The van der Waals surface area contributed by atoms with Gasteiger partial charge in [0.25, 0.3) is 0 Å². The molecule has 2 unspecified atom stereocenters. The van der Waals surface area contributed by atoms with Gasteiger partial charge in [0.1, 0.15) is 0 Å². The molecular weight excluding hydrogens is 1530 g/mol. The first-order chi connectivity index (χ1) is 59.0. The number of anilines is 6. The fourth-order valence-corrected chi connectivity index (χ4v) is 18.5. The normalized spacial score (nSPS) is 14.3. The maximum atomic E-state index is 17.2. The lowest BCUT2D eigenvalue weighted by Crippen LogP contribution is -2.34. The molecule has 2 atom stereocenters. The van der Waals surface area contributed by atoms with E-state index < -0.39 is 80.1 Å². The van der Waals surface area contributed by atoms with Crippen LogP contribution in [0.15, 0.2) is 316 Å². The molecule has 0 amide bonds. The number of hydrogen-bond donors (Lipinski definition) is 0. The topological polar surface area (TPSA) is 6.48 Å². The molecule has 0 saturated carbocycles. The van der Waals surface area contributed by atoms with Gasteiger partial charge in [-0.25, -0.2) is 43.9 Å². The molecule has 2 aliphatic carbocycles. The van der Waals surface area contributed by atoms with Gasteiger partial charge in [0, 0.05) is 45.3 Å². The van der Waals surface area contributed by atoms with E-state index in [0.717, 1.165) is 147 Å². The summed E-state index contributed by atoms with van der Waals surface area (Å²) in [6, 6.07) is 97.4. The molecule has 0 aromatic heterocycles. The van der Waals surface area contributed by atoms with Crippen LogP contribution in [0.25, 0.3) is 78.9 Å². The van der Waals surface area contributed by atoms with E-state index in [2.05, 4.69) is 97.5 Å². The lowest BCUT2D eigenvalue weighted by molar-refractivity contribution is 0.357. The molecule has 121 heavy (non-hydrogen) atoms. The third kappa shape index (κ3) is 14.5. The number of aryl methyl sites for hydroxylation is 2. The maximum absolute atomic E-state index is 17.2. The Labute approximate surface area is 699 Å². The molecule has 2 aliphatic rings. The average Bonchev–Trinajstić information content (AvgIpc) is 1.52. The van der Waals surface area contributed by atoms with Crippen LogP contribution in [0.4, 0.5) is 78.0 Å². The van der Waals surface area contributed by atoms with Crippen molar-refractivity contribution in [1.82, 2.24) is 0 Å². The van der Waals surface area contributed by atoms with Gasteiger partial charge in [0.2, 0.25) is 11.6 Å². The van der Waals surface area contributed by atoms with Gasteiger partial charge in [-0.3, -0.25) is 0 Å². The van der Waals surface area contributed by atoms with Crippen LogP contribution in [0.1, 0.15) is 126 Å². The summed E-state index contributed by atoms with van der Waals surface area (Å²) in [6.07, 6.45) is 11.4. The first-order valence-corrected chi connectivity index (χ1v) is 41.2. The van der Waals surface area contributed by atoms with Crippen LogP contribution in [0.3, 0.4) is 0 Å². The summed E-state index contributed by atoms with van der Waals surface area (Å²) in [5.74, 6) is -20.3. The van der Waals surface area contributed by atoms with Crippen molar-refractivity contribution >= 4 is 46.3 Å². The number of halogens is 10. The third-order valence-electron chi connectivity index (χ3n) is 24.5. The Morgan fingerprint density at radius 1 is 0.256 bits per heavy atom. The number of rotatable bonds is 27. The third-order valence-corrected chi connectivity index (χ3v) is 24.5. The number of fused-ring (bicyclic) bond motifs is 6. The monoisotopic (exact) mass is 1610 g/mol. The molecule has 0 fully saturated rings. The molecule has 15 aromatic rings. The molecule has 600 valence electrons. The summed E-state index contributed by atoms with van der Waals surface area (Å²) >= 11 is 0. The van der Waals surface area contributed by atoms with E-state index in [-0.39, 0.29) is 12.8 Å². The molecule has 2 nitrogen and oxygen atoms in total. The van der Waals surface area contributed by atoms with Crippen LogP contribution >= 0.6 is 0 Å². The molecule has 0 bridgehead atoms. The summed E-state index contributed by atoms with van der Waals surface area (Å²) in [4.78, 5) is 4.11. The minimum absolute atomic E-state index is 0.180. The number of benzene rings is 15. The van der Waals surface area contributed by atoms with Crippen molar-refractivity contribution in [2.45, 2.75) is 95.3 Å². The van der Waals surface area contributed by atoms with Gasteiger partial charge in [0.15, 0.2) is 46.5 Å². The summed E-state index contributed by atoms with van der Waals surface area (Å²) in [5, 5.41) is 0. The van der Waals surface area contributed by atoms with Gasteiger partial charge in [-0.1, -0.05) is 302 Å². The van der Waals surface area contributed by atoms with Gasteiger partial charge in [-0.05, 0) is 234 Å². The SMILES string of the molecule is C=Cc1ccc(CC2(c3c(F)c(F)c(F)c(F)c3F)c3ccccc3-c3ccc(N(c4ccc(-c5ccccc5)cc4)c4ccc(-c5cc(CCCCCC)c(-c6ccc(N(c7ccc(-c8ccccc8)cc7)c7ccc8c(c7)C(Cc7ccc(C=C)cc7)(c7c(F)c(F)c(F)c(F)c7F)c7ccccc7-8)cc6)cc5CCCCC)cc4)cc32)cc1. The average molecular weight is 1610 g/mol. The van der Waals surface area contributed by atoms with Crippen LogP contribution < -0.4 is 9.80 Å². The zero-order valence-corrected chi connectivity index (χ0v) is 66.9. The highest BCUT2D eigenvalue weighted by molar-refractivity contribution is 5.92. The quantitative estimate of drug-likeness (QED) is 0.0219. The second kappa shape index (κ2) is 33.8. The summed E-state index contributed by atoms with van der Waals surface area (Å²) in [5.41, 5.74) is 15.0. The molecule has 12 heteroatoms. The molecule has 0 saturated heterocycles. The zero-order valence-electron chi connectivity index (χ0n) is 66.9. The van der Waals surface area contributed by atoms with E-state index >= 15 is 43.9 Å². The Morgan fingerprint density at radius 2 is 0.545 bits per heavy atom. The lowest BCUT2D eigenvalue weighted by atomic mass is 9.68. The molecule has 17 rings (SSSR count). The van der Waals surface area contributed by atoms with Crippen LogP contribution in [-0.4, -0.2) is 0 Å². The Bertz CT molecular complexity index is 6350. The van der Waals surface area contributed by atoms with Crippen LogP contribution in [0.5, 0.6) is 0 Å². The Balaban J connectivity index is 0.798. The minimum atomic E-state index is -2.24. The Kier molecular flexibility index (Phi) is 22.4. The largest absolute Gasteiger partial charge is 0.310 e. The number of nitrogens with zero attached hydrogens (tertiary/aromatic N) is 2. The van der Waals surface area contributed by atoms with Crippen molar-refractivity contribution in [2.75, 3.05) is 9.80 Å². The summed E-state index contributed by atoms with van der Waals surface area (Å²) in [7, 11) is 0. The smallest absolute Gasteiger partial charge is 0.200 e. The van der Waals surface area contributed by atoms with Gasteiger partial charge in [0.05, 0.1) is 10.8 Å². The van der Waals surface area contributed by atoms with Gasteiger partial charge >= 0.3 is 0 Å². The Morgan fingerprint density at radius 3 is 0.893 bits per heavy atom. The van der Waals surface area contributed by atoms with Crippen LogP contribution in [-0.2, 0) is 36.5 Å². The van der Waals surface area contributed by atoms with E-state index in [0.29, 0.717) is 67.0 Å². The van der Waals surface area contributed by atoms with Crippen molar-refractivity contribution in [1.29, 1.82) is 0 Å². The highest BCUT2D eigenvalue weighted by atomic mass is 19.2. The van der Waals surface area contributed by atoms with E-state index in [1.54, 1.807) is 97.1 Å². The summed E-state index contributed by atoms with van der Waals surface area (Å²) in [6.45, 7) is 12.2. The fraction of sp³-hybridized carbons (Fsp3) is 0.138. The number of unbranched alkanes of at least 4 members (excludes halogenated alkanes) is 5. The van der Waals surface area contributed by atoms with Crippen molar-refractivity contribution in [2.24, 2.45) is 0 Å². The minimum Gasteiger partial charge on any atom is -0.310 e. The van der Waals surface area contributed by atoms with Crippen molar-refractivity contribution in [3.05, 3.63) is 441 Å². The highest BCUT2D eigenvalue weighted by Crippen LogP contribution is 2.60. The van der Waals surface area contributed by atoms with Crippen molar-refractivity contribution in [3.63, 3.8) is 0 Å². The second-order valence-corrected chi connectivity index (χ2v) is 31.5. The molecule has 0 heterocycles. The van der Waals surface area contributed by atoms with Crippen LogP contribution in [0, 0.1) is 58.2 Å². The number of hydrogen-bond acceptors (Lipinski definition) is 2. The molecule has 0 aliphatic heterocycles. The second-order valence-electron chi connectivity index (χ2n) is 31.5. The van der Waals surface area contributed by atoms with E-state index in [1.807, 2.05) is 158 Å². The molecule has 0 N–H and O–H groups in total.